The van der Waals surface area contributed by atoms with Crippen LogP contribution in [0.4, 0.5) is 0 Å². The maximum atomic E-state index is 12.3. The number of phosphoric acid groups is 1. The minimum atomic E-state index is -4.27. The zero-order valence-corrected chi connectivity index (χ0v) is 16.8. The number of ether oxygens (including phenoxy) is 2. The number of phosphoric ester groups is 1. The number of carbonyl (C=O) groups is 3. The molecule has 1 saturated carbocycles. The zero-order valence-electron chi connectivity index (χ0n) is 15.9. The molecule has 0 spiro atoms. The first-order valence-electron chi connectivity index (χ1n) is 8.64. The monoisotopic (exact) mass is 420 g/mol. The number of hydrogen-bond donors (Lipinski definition) is 2. The van der Waals surface area contributed by atoms with Gasteiger partial charge in [0.25, 0.3) is 11.8 Å². The van der Waals surface area contributed by atoms with Crippen LogP contribution in [0.15, 0.2) is 12.2 Å². The first-order valence-corrected chi connectivity index (χ1v) is 10.1. The van der Waals surface area contributed by atoms with Gasteiger partial charge in [0.05, 0.1) is 12.6 Å². The number of imide groups is 1. The Labute approximate surface area is 162 Å². The topological polar surface area (TPSA) is 141 Å². The Morgan fingerprint density at radius 3 is 2.43 bits per heavy atom. The van der Waals surface area contributed by atoms with Gasteiger partial charge in [-0.15, -0.1) is 0 Å². The molecule has 2 aliphatic rings. The van der Waals surface area contributed by atoms with Crippen molar-refractivity contribution in [2.24, 2.45) is 5.92 Å². The van der Waals surface area contributed by atoms with Crippen molar-refractivity contribution in [1.82, 2.24) is 10.2 Å². The SMILES string of the molecule is COC[C@H]1C[C@H](NC(=O)CCN2C(=O)C=CC2=O)[C@@H](OC)C1OP(=O)(O)OC. The van der Waals surface area contributed by atoms with Crippen molar-refractivity contribution in [3.8, 4) is 0 Å². The molecule has 0 aromatic rings. The summed E-state index contributed by atoms with van der Waals surface area (Å²) in [4.78, 5) is 46.0. The van der Waals surface area contributed by atoms with Gasteiger partial charge in [0.2, 0.25) is 5.91 Å². The van der Waals surface area contributed by atoms with Gasteiger partial charge in [0.15, 0.2) is 0 Å². The smallest absolute Gasteiger partial charge is 0.384 e. The van der Waals surface area contributed by atoms with Crippen LogP contribution in [-0.4, -0.2) is 80.2 Å². The highest BCUT2D eigenvalue weighted by Gasteiger charge is 2.48. The highest BCUT2D eigenvalue weighted by atomic mass is 31.2. The lowest BCUT2D eigenvalue weighted by Gasteiger charge is -2.27. The van der Waals surface area contributed by atoms with Crippen LogP contribution >= 0.6 is 7.82 Å². The molecule has 1 aliphatic carbocycles. The molecular formula is C16H25N2O9P. The quantitative estimate of drug-likeness (QED) is 0.357. The summed E-state index contributed by atoms with van der Waals surface area (Å²) >= 11 is 0. The van der Waals surface area contributed by atoms with E-state index in [0.29, 0.717) is 6.42 Å². The van der Waals surface area contributed by atoms with Crippen LogP contribution in [0, 0.1) is 5.92 Å². The van der Waals surface area contributed by atoms with E-state index < -0.39 is 43.8 Å². The second-order valence-corrected chi connectivity index (χ2v) is 7.97. The molecule has 12 heteroatoms. The fourth-order valence-electron chi connectivity index (χ4n) is 3.39. The third-order valence-electron chi connectivity index (χ3n) is 4.69. The molecule has 0 radical (unpaired) electrons. The molecule has 0 aromatic heterocycles. The summed E-state index contributed by atoms with van der Waals surface area (Å²) in [7, 11) is -0.335. The van der Waals surface area contributed by atoms with E-state index >= 15 is 0 Å². The minimum Gasteiger partial charge on any atom is -0.384 e. The van der Waals surface area contributed by atoms with E-state index in [1.54, 1.807) is 0 Å². The van der Waals surface area contributed by atoms with Crippen molar-refractivity contribution in [2.45, 2.75) is 31.1 Å². The zero-order chi connectivity index (χ0) is 20.9. The first kappa shape index (κ1) is 22.7. The molecule has 11 nitrogen and oxygen atoms in total. The molecule has 0 bridgehead atoms. The van der Waals surface area contributed by atoms with Gasteiger partial charge >= 0.3 is 7.82 Å². The number of hydrogen-bond acceptors (Lipinski definition) is 8. The molecule has 2 rings (SSSR count). The summed E-state index contributed by atoms with van der Waals surface area (Å²) < 4.78 is 32.1. The molecule has 5 atom stereocenters. The standard InChI is InChI=1S/C16H25N2O9P/c1-24-9-10-8-11(16(25-2)15(10)27-28(22,23)26-3)17-12(19)6-7-18-13(20)4-5-14(18)21/h4-5,10-11,15-16H,6-9H2,1-3H3,(H,17,19)(H,22,23)/t10-,11+,15?,16-/m1/s1. The lowest BCUT2D eigenvalue weighted by Crippen LogP contribution is -2.45. The van der Waals surface area contributed by atoms with Crippen molar-refractivity contribution < 1.29 is 42.4 Å². The van der Waals surface area contributed by atoms with Crippen molar-refractivity contribution in [1.29, 1.82) is 0 Å². The van der Waals surface area contributed by atoms with Gasteiger partial charge in [-0.25, -0.2) is 4.57 Å². The molecular weight excluding hydrogens is 395 g/mol. The molecule has 1 aliphatic heterocycles. The fraction of sp³-hybridized carbons (Fsp3) is 0.688. The molecule has 1 heterocycles. The Kier molecular flexibility index (Phi) is 7.87. The van der Waals surface area contributed by atoms with Gasteiger partial charge in [-0.05, 0) is 6.42 Å². The highest BCUT2D eigenvalue weighted by molar-refractivity contribution is 7.47. The summed E-state index contributed by atoms with van der Waals surface area (Å²) in [6.45, 7) is 0.181. The van der Waals surface area contributed by atoms with E-state index in [0.717, 1.165) is 24.2 Å². The number of amides is 3. The van der Waals surface area contributed by atoms with Crippen LogP contribution in [0.5, 0.6) is 0 Å². The molecule has 0 aromatic carbocycles. The molecule has 2 N–H and O–H groups in total. The molecule has 158 valence electrons. The van der Waals surface area contributed by atoms with E-state index in [1.807, 2.05) is 0 Å². The van der Waals surface area contributed by atoms with Crippen molar-refractivity contribution in [2.75, 3.05) is 34.5 Å². The van der Waals surface area contributed by atoms with E-state index in [-0.39, 0.29) is 25.5 Å². The van der Waals surface area contributed by atoms with Crippen LogP contribution in [0.3, 0.4) is 0 Å². The van der Waals surface area contributed by atoms with Gasteiger partial charge in [-0.3, -0.25) is 28.3 Å². The molecule has 28 heavy (non-hydrogen) atoms. The summed E-state index contributed by atoms with van der Waals surface area (Å²) in [5, 5.41) is 2.77. The normalized spacial score (nSPS) is 29.4. The number of methoxy groups -OCH3 is 2. The largest absolute Gasteiger partial charge is 0.472 e. The fourth-order valence-corrected chi connectivity index (χ4v) is 4.08. The second-order valence-electron chi connectivity index (χ2n) is 6.46. The van der Waals surface area contributed by atoms with Gasteiger partial charge in [-0.1, -0.05) is 0 Å². The number of rotatable bonds is 10. The van der Waals surface area contributed by atoms with E-state index in [1.165, 1.54) is 14.2 Å². The van der Waals surface area contributed by atoms with Crippen LogP contribution in [0.25, 0.3) is 0 Å². The maximum Gasteiger partial charge on any atom is 0.472 e. The Hall–Kier alpha value is -1.62. The lowest BCUT2D eigenvalue weighted by atomic mass is 10.1. The molecule has 1 fully saturated rings. The van der Waals surface area contributed by atoms with Crippen LogP contribution in [0.2, 0.25) is 0 Å². The molecule has 2 unspecified atom stereocenters. The molecule has 3 amide bonds. The number of nitrogens with one attached hydrogen (secondary N) is 1. The maximum absolute atomic E-state index is 12.3. The summed E-state index contributed by atoms with van der Waals surface area (Å²) in [5.41, 5.74) is 0. The van der Waals surface area contributed by atoms with Gasteiger partial charge in [0, 0.05) is 52.4 Å². The third kappa shape index (κ3) is 5.47. The second kappa shape index (κ2) is 9.73. The van der Waals surface area contributed by atoms with Crippen LogP contribution in [0.1, 0.15) is 12.8 Å². The Balaban J connectivity index is 1.99. The first-order chi connectivity index (χ1) is 13.2. The number of nitrogens with zero attached hydrogens (tertiary/aromatic N) is 1. The summed E-state index contributed by atoms with van der Waals surface area (Å²) in [6.07, 6.45) is 1.06. The van der Waals surface area contributed by atoms with Gasteiger partial charge in [-0.2, -0.15) is 0 Å². The summed E-state index contributed by atoms with van der Waals surface area (Å²) in [6, 6.07) is -0.511. The Bertz CT molecular complexity index is 665. The third-order valence-corrected chi connectivity index (χ3v) is 5.66. The number of carbonyl (C=O) groups excluding carboxylic acids is 3. The van der Waals surface area contributed by atoms with E-state index in [4.69, 9.17) is 14.0 Å². The predicted molar refractivity (Wildman–Crippen MR) is 94.9 cm³/mol. The Morgan fingerprint density at radius 1 is 1.25 bits per heavy atom. The van der Waals surface area contributed by atoms with Crippen LogP contribution < -0.4 is 5.32 Å². The van der Waals surface area contributed by atoms with E-state index in [9.17, 15) is 23.8 Å². The predicted octanol–water partition coefficient (Wildman–Crippen LogP) is -0.400. The lowest BCUT2D eigenvalue weighted by molar-refractivity contribution is -0.137. The van der Waals surface area contributed by atoms with E-state index in [2.05, 4.69) is 9.84 Å². The van der Waals surface area contributed by atoms with Crippen molar-refractivity contribution in [3.63, 3.8) is 0 Å². The Morgan fingerprint density at radius 2 is 1.89 bits per heavy atom. The minimum absolute atomic E-state index is 0.0438. The highest BCUT2D eigenvalue weighted by Crippen LogP contribution is 2.48. The van der Waals surface area contributed by atoms with Crippen molar-refractivity contribution in [3.05, 3.63) is 12.2 Å². The molecule has 0 saturated heterocycles. The van der Waals surface area contributed by atoms with Gasteiger partial charge < -0.3 is 19.7 Å². The summed E-state index contributed by atoms with van der Waals surface area (Å²) in [5.74, 6) is -1.63. The van der Waals surface area contributed by atoms with Crippen LogP contribution in [-0.2, 0) is 37.5 Å². The average molecular weight is 420 g/mol. The van der Waals surface area contributed by atoms with Crippen molar-refractivity contribution >= 4 is 25.5 Å². The average Bonchev–Trinajstić information content (AvgIpc) is 3.12. The van der Waals surface area contributed by atoms with Gasteiger partial charge in [0.1, 0.15) is 12.2 Å².